The highest BCUT2D eigenvalue weighted by Crippen LogP contribution is 2.13. The van der Waals surface area contributed by atoms with Crippen LogP contribution in [0.3, 0.4) is 0 Å². The van der Waals surface area contributed by atoms with Crippen LogP contribution < -0.4 is 5.73 Å². The molecule has 0 heterocycles. The van der Waals surface area contributed by atoms with Crippen molar-refractivity contribution in [1.82, 2.24) is 4.90 Å². The summed E-state index contributed by atoms with van der Waals surface area (Å²) in [6.07, 6.45) is -1.17. The smallest absolute Gasteiger partial charge is 0.437 e. The number of amides is 2. The number of aliphatic imine (C=N–C) groups is 1. The summed E-state index contributed by atoms with van der Waals surface area (Å²) in [6, 6.07) is 7.31. The first-order valence-electron chi connectivity index (χ1n) is 9.07. The summed E-state index contributed by atoms with van der Waals surface area (Å²) in [4.78, 5) is 29.3. The van der Waals surface area contributed by atoms with Gasteiger partial charge in [-0.3, -0.25) is 0 Å². The number of hydrogen-bond acceptors (Lipinski definition) is 5. The van der Waals surface area contributed by atoms with Gasteiger partial charge in [0, 0.05) is 6.54 Å². The molecule has 1 rings (SSSR count). The molecule has 1 aromatic rings. The molecule has 0 aliphatic carbocycles. The average Bonchev–Trinajstić information content (AvgIpc) is 2.51. The molecule has 0 aromatic heterocycles. The van der Waals surface area contributed by atoms with Crippen molar-refractivity contribution in [3.63, 3.8) is 0 Å². The van der Waals surface area contributed by atoms with Crippen LogP contribution in [0, 0.1) is 0 Å². The van der Waals surface area contributed by atoms with Crippen molar-refractivity contribution in [2.24, 2.45) is 10.7 Å². The van der Waals surface area contributed by atoms with Crippen LogP contribution in [0.25, 0.3) is 0 Å². The van der Waals surface area contributed by atoms with E-state index < -0.39 is 23.4 Å². The summed E-state index contributed by atoms with van der Waals surface area (Å²) in [5.41, 5.74) is 6.09. The van der Waals surface area contributed by atoms with Crippen molar-refractivity contribution in [2.45, 2.75) is 65.8 Å². The maximum atomic E-state index is 12.6. The second-order valence-corrected chi connectivity index (χ2v) is 8.31. The Balaban J connectivity index is 3.00. The number of nitrogens with two attached hydrogens (primary N) is 1. The first-order chi connectivity index (χ1) is 12.8. The number of carbonyl (C=O) groups excluding carboxylic acids is 2. The van der Waals surface area contributed by atoms with Crippen molar-refractivity contribution >= 4 is 18.1 Å². The Morgan fingerprint density at radius 2 is 1.64 bits per heavy atom. The van der Waals surface area contributed by atoms with E-state index in [9.17, 15) is 14.7 Å². The quantitative estimate of drug-likeness (QED) is 0.600. The predicted octanol–water partition coefficient (Wildman–Crippen LogP) is 3.21. The Bertz CT molecular complexity index is 717. The van der Waals surface area contributed by atoms with E-state index in [4.69, 9.17) is 15.2 Å². The third-order valence-corrected chi connectivity index (χ3v) is 3.29. The van der Waals surface area contributed by atoms with Gasteiger partial charge < -0.3 is 20.3 Å². The maximum absolute atomic E-state index is 12.6. The lowest BCUT2D eigenvalue weighted by Crippen LogP contribution is -2.46. The average molecular weight is 393 g/mol. The number of hydrogen-bond donors (Lipinski definition) is 2. The molecule has 0 atom stereocenters. The summed E-state index contributed by atoms with van der Waals surface area (Å²) in [5.74, 6) is -0.304. The maximum Gasteiger partial charge on any atom is 0.437 e. The number of benzene rings is 1. The molecular weight excluding hydrogens is 362 g/mol. The van der Waals surface area contributed by atoms with Crippen LogP contribution in [-0.4, -0.2) is 45.9 Å². The van der Waals surface area contributed by atoms with Gasteiger partial charge in [-0.05, 0) is 59.1 Å². The third kappa shape index (κ3) is 8.85. The SMILES string of the molecule is CC(C)(C)OC(=O)N=C(N)N(CCc1cccc(CO)c1)C(=O)OC(C)(C)C. The van der Waals surface area contributed by atoms with E-state index in [-0.39, 0.29) is 19.1 Å². The second-order valence-electron chi connectivity index (χ2n) is 8.31. The Morgan fingerprint density at radius 1 is 1.07 bits per heavy atom. The lowest BCUT2D eigenvalue weighted by Gasteiger charge is -2.27. The molecule has 0 aliphatic heterocycles. The van der Waals surface area contributed by atoms with Crippen LogP contribution in [0.4, 0.5) is 9.59 Å². The van der Waals surface area contributed by atoms with Crippen LogP contribution in [0.15, 0.2) is 29.3 Å². The van der Waals surface area contributed by atoms with Gasteiger partial charge in [-0.15, -0.1) is 4.99 Å². The fourth-order valence-corrected chi connectivity index (χ4v) is 2.18. The Morgan fingerprint density at radius 3 is 2.18 bits per heavy atom. The number of aliphatic hydroxyl groups excluding tert-OH is 1. The summed E-state index contributed by atoms with van der Waals surface area (Å²) in [6.45, 7) is 10.4. The predicted molar refractivity (Wildman–Crippen MR) is 107 cm³/mol. The highest BCUT2D eigenvalue weighted by atomic mass is 16.6. The molecule has 3 N–H and O–H groups in total. The van der Waals surface area contributed by atoms with Gasteiger partial charge in [-0.1, -0.05) is 24.3 Å². The van der Waals surface area contributed by atoms with E-state index in [0.717, 1.165) is 16.0 Å². The van der Waals surface area contributed by atoms with E-state index in [2.05, 4.69) is 4.99 Å². The molecule has 28 heavy (non-hydrogen) atoms. The van der Waals surface area contributed by atoms with Gasteiger partial charge in [0.15, 0.2) is 0 Å². The van der Waals surface area contributed by atoms with Crippen molar-refractivity contribution < 1.29 is 24.2 Å². The van der Waals surface area contributed by atoms with E-state index >= 15 is 0 Å². The number of aliphatic hydroxyl groups is 1. The molecule has 1 aromatic carbocycles. The Kier molecular flexibility index (Phi) is 7.99. The van der Waals surface area contributed by atoms with E-state index in [1.807, 2.05) is 18.2 Å². The van der Waals surface area contributed by atoms with E-state index in [1.54, 1.807) is 47.6 Å². The van der Waals surface area contributed by atoms with Crippen LogP contribution in [-0.2, 0) is 22.5 Å². The largest absolute Gasteiger partial charge is 0.443 e. The molecule has 0 radical (unpaired) electrons. The molecule has 0 saturated heterocycles. The first-order valence-corrected chi connectivity index (χ1v) is 9.07. The van der Waals surface area contributed by atoms with Gasteiger partial charge in [0.05, 0.1) is 6.61 Å². The highest BCUT2D eigenvalue weighted by molar-refractivity contribution is 5.98. The highest BCUT2D eigenvalue weighted by Gasteiger charge is 2.26. The molecule has 0 saturated carbocycles. The van der Waals surface area contributed by atoms with Crippen molar-refractivity contribution in [1.29, 1.82) is 0 Å². The standard InChI is InChI=1S/C20H31N3O5/c1-19(2,3)27-17(25)22-16(21)23(18(26)28-20(4,5)6)11-10-14-8-7-9-15(12-14)13-24/h7-9,12,24H,10-11,13H2,1-6H3,(H2,21,22,25). The van der Waals surface area contributed by atoms with Gasteiger partial charge in [0.2, 0.25) is 5.96 Å². The zero-order valence-corrected chi connectivity index (χ0v) is 17.5. The number of ether oxygens (including phenoxy) is 2. The summed E-state index contributed by atoms with van der Waals surface area (Å²) in [5, 5.41) is 9.26. The van der Waals surface area contributed by atoms with Crippen molar-refractivity contribution in [3.8, 4) is 0 Å². The topological polar surface area (TPSA) is 114 Å². The number of rotatable bonds is 4. The van der Waals surface area contributed by atoms with Gasteiger partial charge in [0.1, 0.15) is 11.2 Å². The molecule has 0 spiro atoms. The monoisotopic (exact) mass is 393 g/mol. The fraction of sp³-hybridized carbons (Fsp3) is 0.550. The lowest BCUT2D eigenvalue weighted by atomic mass is 10.1. The van der Waals surface area contributed by atoms with Crippen LogP contribution in [0.2, 0.25) is 0 Å². The molecule has 0 fully saturated rings. The molecule has 0 aliphatic rings. The number of guanidine groups is 1. The van der Waals surface area contributed by atoms with Crippen LogP contribution >= 0.6 is 0 Å². The van der Waals surface area contributed by atoms with Gasteiger partial charge in [-0.25, -0.2) is 14.5 Å². The number of carbonyl (C=O) groups is 2. The van der Waals surface area contributed by atoms with Crippen molar-refractivity contribution in [2.75, 3.05) is 6.54 Å². The van der Waals surface area contributed by atoms with Gasteiger partial charge in [0.25, 0.3) is 0 Å². The van der Waals surface area contributed by atoms with E-state index in [0.29, 0.717) is 6.42 Å². The van der Waals surface area contributed by atoms with Gasteiger partial charge in [-0.2, -0.15) is 0 Å². The normalized spacial score (nSPS) is 12.5. The molecular formula is C20H31N3O5. The Labute approximate surface area is 166 Å². The molecule has 8 heteroatoms. The second kappa shape index (κ2) is 9.54. The zero-order chi connectivity index (χ0) is 21.5. The third-order valence-electron chi connectivity index (χ3n) is 3.29. The summed E-state index contributed by atoms with van der Waals surface area (Å²) in [7, 11) is 0. The minimum Gasteiger partial charge on any atom is -0.443 e. The number of nitrogens with zero attached hydrogens (tertiary/aromatic N) is 2. The Hall–Kier alpha value is -2.61. The fourth-order valence-electron chi connectivity index (χ4n) is 2.18. The molecule has 156 valence electrons. The molecule has 0 bridgehead atoms. The van der Waals surface area contributed by atoms with Crippen molar-refractivity contribution in [3.05, 3.63) is 35.4 Å². The van der Waals surface area contributed by atoms with E-state index in [1.165, 1.54) is 0 Å². The minimum absolute atomic E-state index is 0.0775. The first kappa shape index (κ1) is 23.4. The summed E-state index contributed by atoms with van der Waals surface area (Å²) < 4.78 is 10.5. The molecule has 2 amide bonds. The van der Waals surface area contributed by atoms with Gasteiger partial charge >= 0.3 is 12.2 Å². The minimum atomic E-state index is -0.888. The summed E-state index contributed by atoms with van der Waals surface area (Å²) >= 11 is 0. The van der Waals surface area contributed by atoms with Crippen LogP contribution in [0.1, 0.15) is 52.7 Å². The zero-order valence-electron chi connectivity index (χ0n) is 17.5. The molecule has 8 nitrogen and oxygen atoms in total. The van der Waals surface area contributed by atoms with Crippen LogP contribution in [0.5, 0.6) is 0 Å². The lowest BCUT2D eigenvalue weighted by molar-refractivity contribution is 0.0368. The molecule has 0 unspecified atom stereocenters.